The SMILES string of the molecule is Cc1cnc(N)c(-c2cnc3ccccc3c2)c1. The Kier molecular flexibility index (Phi) is 2.45. The van der Waals surface area contributed by atoms with Crippen LogP contribution < -0.4 is 5.73 Å². The fourth-order valence-electron chi connectivity index (χ4n) is 2.03. The maximum absolute atomic E-state index is 5.93. The highest BCUT2D eigenvalue weighted by Crippen LogP contribution is 2.26. The van der Waals surface area contributed by atoms with Crippen LogP contribution in [0, 0.1) is 6.92 Å². The first kappa shape index (κ1) is 10.7. The van der Waals surface area contributed by atoms with Crippen LogP contribution in [0.25, 0.3) is 22.0 Å². The van der Waals surface area contributed by atoms with E-state index in [1.165, 1.54) is 0 Å². The minimum Gasteiger partial charge on any atom is -0.383 e. The number of rotatable bonds is 1. The molecule has 0 saturated carbocycles. The van der Waals surface area contributed by atoms with Gasteiger partial charge < -0.3 is 5.73 Å². The molecule has 3 nitrogen and oxygen atoms in total. The van der Waals surface area contributed by atoms with Crippen LogP contribution in [0.5, 0.6) is 0 Å². The number of anilines is 1. The zero-order chi connectivity index (χ0) is 12.5. The zero-order valence-corrected chi connectivity index (χ0v) is 10.1. The molecule has 0 spiro atoms. The molecule has 2 aromatic heterocycles. The smallest absolute Gasteiger partial charge is 0.131 e. The number of nitrogens with two attached hydrogens (primary N) is 1. The van der Waals surface area contributed by atoms with Crippen molar-refractivity contribution in [3.63, 3.8) is 0 Å². The molecule has 0 bridgehead atoms. The summed E-state index contributed by atoms with van der Waals surface area (Å²) in [5, 5.41) is 1.11. The third kappa shape index (κ3) is 1.80. The molecule has 3 aromatic rings. The molecule has 3 heteroatoms. The first-order valence-corrected chi connectivity index (χ1v) is 5.81. The highest BCUT2D eigenvalue weighted by Gasteiger charge is 2.05. The Labute approximate surface area is 105 Å². The molecule has 2 N–H and O–H groups in total. The fourth-order valence-corrected chi connectivity index (χ4v) is 2.03. The first-order chi connectivity index (χ1) is 8.74. The maximum Gasteiger partial charge on any atom is 0.131 e. The van der Waals surface area contributed by atoms with Gasteiger partial charge in [0.05, 0.1) is 5.52 Å². The second kappa shape index (κ2) is 4.11. The van der Waals surface area contributed by atoms with Gasteiger partial charge in [-0.15, -0.1) is 0 Å². The van der Waals surface area contributed by atoms with Crippen molar-refractivity contribution in [2.75, 3.05) is 5.73 Å². The molecule has 3 rings (SSSR count). The standard InChI is InChI=1S/C15H13N3/c1-10-6-13(15(16)18-8-10)12-7-11-4-2-3-5-14(11)17-9-12/h2-9H,1H3,(H2,16,18). The minimum atomic E-state index is 0.540. The van der Waals surface area contributed by atoms with E-state index in [0.717, 1.165) is 27.6 Å². The van der Waals surface area contributed by atoms with E-state index in [1.807, 2.05) is 43.5 Å². The third-order valence-electron chi connectivity index (χ3n) is 2.96. The fraction of sp³-hybridized carbons (Fsp3) is 0.0667. The normalized spacial score (nSPS) is 10.7. The van der Waals surface area contributed by atoms with Crippen molar-refractivity contribution >= 4 is 16.7 Å². The topological polar surface area (TPSA) is 51.8 Å². The molecule has 0 atom stereocenters. The van der Waals surface area contributed by atoms with Crippen LogP contribution >= 0.6 is 0 Å². The number of pyridine rings is 2. The van der Waals surface area contributed by atoms with Gasteiger partial charge in [0.2, 0.25) is 0 Å². The van der Waals surface area contributed by atoms with Gasteiger partial charge in [0, 0.05) is 28.9 Å². The summed E-state index contributed by atoms with van der Waals surface area (Å²) in [6.45, 7) is 2.00. The Morgan fingerprint density at radius 3 is 2.72 bits per heavy atom. The van der Waals surface area contributed by atoms with Crippen molar-refractivity contribution in [1.29, 1.82) is 0 Å². The van der Waals surface area contributed by atoms with Crippen molar-refractivity contribution < 1.29 is 0 Å². The molecule has 0 amide bonds. The highest BCUT2D eigenvalue weighted by atomic mass is 14.8. The Morgan fingerprint density at radius 1 is 1.00 bits per heavy atom. The first-order valence-electron chi connectivity index (χ1n) is 5.81. The predicted octanol–water partition coefficient (Wildman–Crippen LogP) is 3.19. The van der Waals surface area contributed by atoms with E-state index in [4.69, 9.17) is 5.73 Å². The van der Waals surface area contributed by atoms with Gasteiger partial charge >= 0.3 is 0 Å². The number of nitrogens with zero attached hydrogens (tertiary/aromatic N) is 2. The van der Waals surface area contributed by atoms with E-state index in [1.54, 1.807) is 6.20 Å². The summed E-state index contributed by atoms with van der Waals surface area (Å²) < 4.78 is 0. The van der Waals surface area contributed by atoms with Crippen LogP contribution in [-0.2, 0) is 0 Å². The van der Waals surface area contributed by atoms with Gasteiger partial charge in [-0.25, -0.2) is 4.98 Å². The predicted molar refractivity (Wildman–Crippen MR) is 74.1 cm³/mol. The summed E-state index contributed by atoms with van der Waals surface area (Å²) in [5.74, 6) is 0.540. The summed E-state index contributed by atoms with van der Waals surface area (Å²) in [5.41, 5.74) is 9.94. The second-order valence-corrected chi connectivity index (χ2v) is 4.36. The lowest BCUT2D eigenvalue weighted by atomic mass is 10.0. The molecule has 0 aliphatic heterocycles. The Hall–Kier alpha value is -2.42. The number of aromatic nitrogens is 2. The number of hydrogen-bond donors (Lipinski definition) is 1. The second-order valence-electron chi connectivity index (χ2n) is 4.36. The molecule has 18 heavy (non-hydrogen) atoms. The highest BCUT2D eigenvalue weighted by molar-refractivity contribution is 5.85. The molecular formula is C15H13N3. The average molecular weight is 235 g/mol. The van der Waals surface area contributed by atoms with Crippen molar-refractivity contribution in [2.45, 2.75) is 6.92 Å². The van der Waals surface area contributed by atoms with E-state index in [0.29, 0.717) is 5.82 Å². The minimum absolute atomic E-state index is 0.540. The van der Waals surface area contributed by atoms with Gasteiger partial charge in [0.15, 0.2) is 0 Å². The quantitative estimate of drug-likeness (QED) is 0.704. The van der Waals surface area contributed by atoms with Crippen molar-refractivity contribution in [3.8, 4) is 11.1 Å². The molecule has 0 unspecified atom stereocenters. The van der Waals surface area contributed by atoms with Crippen LogP contribution in [0.4, 0.5) is 5.82 Å². The van der Waals surface area contributed by atoms with E-state index < -0.39 is 0 Å². The molecule has 0 saturated heterocycles. The molecule has 2 heterocycles. The molecule has 1 aromatic carbocycles. The average Bonchev–Trinajstić information content (AvgIpc) is 2.41. The lowest BCUT2D eigenvalue weighted by Gasteiger charge is -2.07. The van der Waals surface area contributed by atoms with E-state index in [9.17, 15) is 0 Å². The zero-order valence-electron chi connectivity index (χ0n) is 10.1. The number of para-hydroxylation sites is 1. The number of benzene rings is 1. The summed E-state index contributed by atoms with van der Waals surface area (Å²) in [4.78, 5) is 8.63. The Bertz CT molecular complexity index is 720. The molecular weight excluding hydrogens is 222 g/mol. The van der Waals surface area contributed by atoms with Crippen molar-refractivity contribution in [3.05, 3.63) is 54.4 Å². The molecule has 88 valence electrons. The number of nitrogen functional groups attached to an aromatic ring is 1. The van der Waals surface area contributed by atoms with E-state index in [2.05, 4.69) is 16.0 Å². The molecule has 0 radical (unpaired) electrons. The largest absolute Gasteiger partial charge is 0.383 e. The van der Waals surface area contributed by atoms with Crippen LogP contribution in [0.2, 0.25) is 0 Å². The van der Waals surface area contributed by atoms with Crippen LogP contribution in [-0.4, -0.2) is 9.97 Å². The maximum atomic E-state index is 5.93. The van der Waals surface area contributed by atoms with Crippen molar-refractivity contribution in [2.24, 2.45) is 0 Å². The van der Waals surface area contributed by atoms with E-state index in [-0.39, 0.29) is 0 Å². The van der Waals surface area contributed by atoms with Gasteiger partial charge in [-0.1, -0.05) is 18.2 Å². The third-order valence-corrected chi connectivity index (χ3v) is 2.96. The summed E-state index contributed by atoms with van der Waals surface area (Å²) in [6.07, 6.45) is 3.61. The summed E-state index contributed by atoms with van der Waals surface area (Å²) in [6, 6.07) is 12.2. The lowest BCUT2D eigenvalue weighted by Crippen LogP contribution is -1.95. The summed E-state index contributed by atoms with van der Waals surface area (Å²) in [7, 11) is 0. The molecule has 0 aliphatic rings. The van der Waals surface area contributed by atoms with Gasteiger partial charge in [-0.3, -0.25) is 4.98 Å². The van der Waals surface area contributed by atoms with E-state index >= 15 is 0 Å². The number of hydrogen-bond acceptors (Lipinski definition) is 3. The summed E-state index contributed by atoms with van der Waals surface area (Å²) >= 11 is 0. The van der Waals surface area contributed by atoms with Crippen molar-refractivity contribution in [1.82, 2.24) is 9.97 Å². The Balaban J connectivity index is 2.22. The van der Waals surface area contributed by atoms with Crippen LogP contribution in [0.3, 0.4) is 0 Å². The number of aryl methyl sites for hydroxylation is 1. The monoisotopic (exact) mass is 235 g/mol. The number of fused-ring (bicyclic) bond motifs is 1. The van der Waals surface area contributed by atoms with Crippen LogP contribution in [0.1, 0.15) is 5.56 Å². The Morgan fingerprint density at radius 2 is 1.83 bits per heavy atom. The van der Waals surface area contributed by atoms with Gasteiger partial charge in [0.1, 0.15) is 5.82 Å². The van der Waals surface area contributed by atoms with Gasteiger partial charge in [0.25, 0.3) is 0 Å². The van der Waals surface area contributed by atoms with Crippen LogP contribution in [0.15, 0.2) is 48.8 Å². The van der Waals surface area contributed by atoms with Gasteiger partial charge in [-0.05, 0) is 30.7 Å². The molecule has 0 fully saturated rings. The lowest BCUT2D eigenvalue weighted by molar-refractivity contribution is 1.27. The molecule has 0 aliphatic carbocycles. The van der Waals surface area contributed by atoms with Gasteiger partial charge in [-0.2, -0.15) is 0 Å².